The molecule has 200 valence electrons. The first-order valence-corrected chi connectivity index (χ1v) is 14.8. The summed E-state index contributed by atoms with van der Waals surface area (Å²) < 4.78 is 32.2. The number of amides is 1. The van der Waals surface area contributed by atoms with Gasteiger partial charge in [-0.25, -0.2) is 13.4 Å². The number of pyridine rings is 1. The van der Waals surface area contributed by atoms with E-state index in [0.717, 1.165) is 30.5 Å². The highest BCUT2D eigenvalue weighted by Gasteiger charge is 2.30. The van der Waals surface area contributed by atoms with E-state index in [-0.39, 0.29) is 28.5 Å². The van der Waals surface area contributed by atoms with Gasteiger partial charge < -0.3 is 9.84 Å². The zero-order valence-electron chi connectivity index (χ0n) is 21.9. The molecule has 0 spiro atoms. The average molecular weight is 554 g/mol. The zero-order valence-corrected chi connectivity index (χ0v) is 23.5. The van der Waals surface area contributed by atoms with Crippen LogP contribution in [0, 0.1) is 29.6 Å². The van der Waals surface area contributed by atoms with Crippen LogP contribution < -0.4 is 10.0 Å². The van der Waals surface area contributed by atoms with Crippen LogP contribution in [0.5, 0.6) is 0 Å². The minimum Gasteiger partial charge on any atom is -0.360 e. The molecular formula is C27H31N5O4S2. The van der Waals surface area contributed by atoms with Crippen molar-refractivity contribution in [2.75, 3.05) is 15.8 Å². The Bertz CT molecular complexity index is 1470. The normalized spacial score (nSPS) is 15.4. The van der Waals surface area contributed by atoms with Crippen molar-refractivity contribution in [2.45, 2.75) is 63.3 Å². The van der Waals surface area contributed by atoms with Crippen molar-refractivity contribution in [1.29, 1.82) is 5.26 Å². The van der Waals surface area contributed by atoms with Gasteiger partial charge in [0.15, 0.2) is 5.82 Å². The first kappa shape index (κ1) is 27.7. The molecule has 9 nitrogen and oxygen atoms in total. The van der Waals surface area contributed by atoms with E-state index in [0.29, 0.717) is 33.7 Å². The molecule has 0 radical (unpaired) electrons. The van der Waals surface area contributed by atoms with Crippen LogP contribution in [0.4, 0.5) is 11.5 Å². The molecule has 0 bridgehead atoms. The predicted octanol–water partition coefficient (Wildman–Crippen LogP) is 5.32. The highest BCUT2D eigenvalue weighted by molar-refractivity contribution is 7.99. The molecule has 3 aromatic rings. The van der Waals surface area contributed by atoms with E-state index in [4.69, 9.17) is 9.51 Å². The molecule has 4 rings (SSSR count). The van der Waals surface area contributed by atoms with Gasteiger partial charge in [0.25, 0.3) is 10.0 Å². The number of nitrogens with zero attached hydrogens (tertiary/aromatic N) is 3. The van der Waals surface area contributed by atoms with Gasteiger partial charge in [-0.05, 0) is 73.4 Å². The number of thioether (sulfide) groups is 1. The van der Waals surface area contributed by atoms with E-state index in [1.165, 1.54) is 42.1 Å². The molecule has 0 fully saturated rings. The van der Waals surface area contributed by atoms with Crippen LogP contribution in [0.2, 0.25) is 0 Å². The molecule has 0 aliphatic heterocycles. The molecule has 1 aliphatic carbocycles. The molecule has 11 heteroatoms. The van der Waals surface area contributed by atoms with Crippen LogP contribution in [-0.2, 0) is 27.7 Å². The van der Waals surface area contributed by atoms with Gasteiger partial charge in [-0.15, -0.1) is 11.8 Å². The first-order chi connectivity index (χ1) is 17.9. The summed E-state index contributed by atoms with van der Waals surface area (Å²) in [6.07, 6.45) is 3.13. The molecule has 0 saturated heterocycles. The van der Waals surface area contributed by atoms with E-state index in [9.17, 15) is 18.5 Å². The van der Waals surface area contributed by atoms with E-state index in [1.54, 1.807) is 6.92 Å². The zero-order chi connectivity index (χ0) is 27.5. The monoisotopic (exact) mass is 553 g/mol. The van der Waals surface area contributed by atoms with Gasteiger partial charge in [0.1, 0.15) is 16.9 Å². The molecule has 1 amide bonds. The van der Waals surface area contributed by atoms with Gasteiger partial charge in [-0.3, -0.25) is 9.52 Å². The fourth-order valence-corrected chi connectivity index (χ4v) is 6.27. The molecule has 1 aromatic carbocycles. The number of sulfonamides is 1. The number of carbonyl (C=O) groups is 1. The quantitative estimate of drug-likeness (QED) is 0.357. The Morgan fingerprint density at radius 3 is 2.61 bits per heavy atom. The summed E-state index contributed by atoms with van der Waals surface area (Å²) in [6, 6.07) is 11.6. The number of hydrogen-bond acceptors (Lipinski definition) is 8. The smallest absolute Gasteiger partial charge is 0.263 e. The molecule has 1 aliphatic rings. The van der Waals surface area contributed by atoms with Crippen molar-refractivity contribution >= 4 is 39.2 Å². The molecule has 1 unspecified atom stereocenters. The van der Waals surface area contributed by atoms with Gasteiger partial charge in [0, 0.05) is 29.6 Å². The number of nitrogens with one attached hydrogen (secondary N) is 2. The minimum atomic E-state index is -3.84. The number of nitriles is 1. The van der Waals surface area contributed by atoms with E-state index in [2.05, 4.69) is 42.0 Å². The molecule has 2 heterocycles. The topological polar surface area (TPSA) is 138 Å². The standard InChI is InChI=1S/C27H31N5O4S2/c1-17-13-24(31-36-17)32-38(34,35)22-8-6-21(7-9-22)29-25(33)11-12-37-26-19(16-28)14-18-15-20(27(2,3)4)5-10-23(18)30-26/h6-9,13-14,20H,5,10-12,15H2,1-4H3,(H,29,33)(H,31,32). The van der Waals surface area contributed by atoms with Crippen molar-refractivity contribution in [2.24, 2.45) is 11.3 Å². The van der Waals surface area contributed by atoms with Crippen molar-refractivity contribution in [3.8, 4) is 6.07 Å². The Kier molecular flexibility index (Phi) is 8.13. The second kappa shape index (κ2) is 11.2. The van der Waals surface area contributed by atoms with Crippen LogP contribution >= 0.6 is 11.8 Å². The Labute approximate surface area is 227 Å². The highest BCUT2D eigenvalue weighted by atomic mass is 32.2. The Balaban J connectivity index is 1.31. The van der Waals surface area contributed by atoms with E-state index < -0.39 is 10.0 Å². The number of hydrogen-bond donors (Lipinski definition) is 2. The highest BCUT2D eigenvalue weighted by Crippen LogP contribution is 2.38. The molecule has 2 N–H and O–H groups in total. The molecular weight excluding hydrogens is 522 g/mol. The van der Waals surface area contributed by atoms with Crippen LogP contribution in [-0.4, -0.2) is 30.2 Å². The largest absolute Gasteiger partial charge is 0.360 e. The number of aromatic nitrogens is 2. The Hall–Kier alpha value is -3.36. The first-order valence-electron chi connectivity index (χ1n) is 12.4. The third-order valence-corrected chi connectivity index (χ3v) is 8.94. The fraction of sp³-hybridized carbons (Fsp3) is 0.407. The maximum absolute atomic E-state index is 12.5. The van der Waals surface area contributed by atoms with Crippen LogP contribution in [0.15, 0.2) is 50.8 Å². The number of rotatable bonds is 8. The number of anilines is 2. The van der Waals surface area contributed by atoms with Crippen molar-refractivity contribution in [3.63, 3.8) is 0 Å². The third-order valence-electron chi connectivity index (χ3n) is 6.58. The third kappa shape index (κ3) is 6.74. The number of fused-ring (bicyclic) bond motifs is 1. The number of aryl methyl sites for hydroxylation is 2. The lowest BCUT2D eigenvalue weighted by Crippen LogP contribution is -2.27. The van der Waals surface area contributed by atoms with Gasteiger partial charge in [0.05, 0.1) is 10.5 Å². The minimum absolute atomic E-state index is 0.0306. The second-order valence-corrected chi connectivity index (χ2v) is 13.2. The van der Waals surface area contributed by atoms with Gasteiger partial charge >= 0.3 is 0 Å². The van der Waals surface area contributed by atoms with Crippen molar-refractivity contribution < 1.29 is 17.7 Å². The summed E-state index contributed by atoms with van der Waals surface area (Å²) in [5.74, 6) is 1.39. The lowest BCUT2D eigenvalue weighted by atomic mass is 9.71. The Morgan fingerprint density at radius 1 is 1.24 bits per heavy atom. The van der Waals surface area contributed by atoms with E-state index >= 15 is 0 Å². The SMILES string of the molecule is Cc1cc(NS(=O)(=O)c2ccc(NC(=O)CCSc3nc4c(cc3C#N)CC(C(C)(C)C)CC4)cc2)no1. The maximum atomic E-state index is 12.5. The lowest BCUT2D eigenvalue weighted by Gasteiger charge is -2.34. The summed E-state index contributed by atoms with van der Waals surface area (Å²) >= 11 is 1.40. The summed E-state index contributed by atoms with van der Waals surface area (Å²) in [7, 11) is -3.84. The molecule has 38 heavy (non-hydrogen) atoms. The van der Waals surface area contributed by atoms with Gasteiger partial charge in [-0.2, -0.15) is 5.26 Å². The fourth-order valence-electron chi connectivity index (χ4n) is 4.37. The van der Waals surface area contributed by atoms with Crippen LogP contribution in [0.25, 0.3) is 0 Å². The van der Waals surface area contributed by atoms with Gasteiger partial charge in [-0.1, -0.05) is 25.9 Å². The van der Waals surface area contributed by atoms with Gasteiger partial charge in [0.2, 0.25) is 5.91 Å². The summed E-state index contributed by atoms with van der Waals surface area (Å²) in [5, 5.41) is 16.7. The molecule has 0 saturated carbocycles. The number of carbonyl (C=O) groups excluding carboxylic acids is 1. The second-order valence-electron chi connectivity index (χ2n) is 10.5. The summed E-state index contributed by atoms with van der Waals surface area (Å²) in [6.45, 7) is 8.43. The van der Waals surface area contributed by atoms with E-state index in [1.807, 2.05) is 6.07 Å². The van der Waals surface area contributed by atoms with Crippen LogP contribution in [0.1, 0.15) is 56.2 Å². The van der Waals surface area contributed by atoms with Crippen molar-refractivity contribution in [3.05, 3.63) is 59.0 Å². The summed E-state index contributed by atoms with van der Waals surface area (Å²) in [4.78, 5) is 17.3. The molecule has 1 atom stereocenters. The van der Waals surface area contributed by atoms with Crippen LogP contribution in [0.3, 0.4) is 0 Å². The van der Waals surface area contributed by atoms with Crippen molar-refractivity contribution in [1.82, 2.24) is 10.1 Å². The molecule has 2 aromatic heterocycles. The lowest BCUT2D eigenvalue weighted by molar-refractivity contribution is -0.115. The Morgan fingerprint density at radius 2 is 1.97 bits per heavy atom. The maximum Gasteiger partial charge on any atom is 0.263 e. The average Bonchev–Trinajstić information content (AvgIpc) is 3.26. The predicted molar refractivity (Wildman–Crippen MR) is 146 cm³/mol. The summed E-state index contributed by atoms with van der Waals surface area (Å²) in [5.41, 5.74) is 3.46. The number of benzene rings is 1.